The van der Waals surface area contributed by atoms with Gasteiger partial charge in [0, 0.05) is 24.7 Å². The summed E-state index contributed by atoms with van der Waals surface area (Å²) in [7, 11) is 0. The van der Waals surface area contributed by atoms with Gasteiger partial charge in [-0.3, -0.25) is 10.1 Å². The van der Waals surface area contributed by atoms with Crippen LogP contribution in [0.15, 0.2) is 18.2 Å². The van der Waals surface area contributed by atoms with E-state index in [9.17, 15) is 10.1 Å². The molecule has 20 heavy (non-hydrogen) atoms. The van der Waals surface area contributed by atoms with Crippen molar-refractivity contribution in [3.05, 3.63) is 39.4 Å². The van der Waals surface area contributed by atoms with E-state index in [0.717, 1.165) is 12.1 Å². The van der Waals surface area contributed by atoms with Gasteiger partial charge in [0.25, 0.3) is 5.69 Å². The number of hydrogen-bond acceptors (Lipinski definition) is 4. The second kappa shape index (κ2) is 7.36. The maximum Gasteiger partial charge on any atom is 0.272 e. The Balaban J connectivity index is 1.71. The molecule has 1 aliphatic carbocycles. The molecule has 110 valence electrons. The summed E-state index contributed by atoms with van der Waals surface area (Å²) < 4.78 is 5.75. The average Bonchev–Trinajstić information content (AvgIpc) is 2.93. The van der Waals surface area contributed by atoms with E-state index >= 15 is 0 Å². The van der Waals surface area contributed by atoms with E-state index in [1.54, 1.807) is 19.1 Å². The Hall–Kier alpha value is -1.46. The predicted molar refractivity (Wildman–Crippen MR) is 77.7 cm³/mol. The largest absolute Gasteiger partial charge is 0.377 e. The first-order valence-electron chi connectivity index (χ1n) is 7.23. The summed E-state index contributed by atoms with van der Waals surface area (Å²) in [5, 5.41) is 14.1. The molecule has 1 aliphatic rings. The number of rotatable bonds is 7. The minimum Gasteiger partial charge on any atom is -0.377 e. The van der Waals surface area contributed by atoms with Crippen molar-refractivity contribution < 1.29 is 9.66 Å². The fourth-order valence-corrected chi connectivity index (χ4v) is 2.55. The normalized spacial score (nSPS) is 15.7. The lowest BCUT2D eigenvalue weighted by atomic mass is 10.1. The summed E-state index contributed by atoms with van der Waals surface area (Å²) in [6, 6.07) is 5.36. The first-order valence-corrected chi connectivity index (χ1v) is 7.23. The molecule has 5 nitrogen and oxygen atoms in total. The molecule has 0 unspecified atom stereocenters. The maximum absolute atomic E-state index is 10.9. The van der Waals surface area contributed by atoms with E-state index in [0.29, 0.717) is 24.8 Å². The number of nitro groups is 1. The SMILES string of the molecule is Cc1ccc(CNCCOC2CCCC2)cc1[N+](=O)[O-]. The Labute approximate surface area is 119 Å². The lowest BCUT2D eigenvalue weighted by Gasteiger charge is -2.11. The fraction of sp³-hybridized carbons (Fsp3) is 0.600. The highest BCUT2D eigenvalue weighted by Gasteiger charge is 2.14. The second-order valence-electron chi connectivity index (χ2n) is 5.33. The van der Waals surface area contributed by atoms with Gasteiger partial charge in [-0.2, -0.15) is 0 Å². The number of hydrogen-bond donors (Lipinski definition) is 1. The third kappa shape index (κ3) is 4.28. The number of ether oxygens (including phenoxy) is 1. The highest BCUT2D eigenvalue weighted by atomic mass is 16.6. The van der Waals surface area contributed by atoms with Gasteiger partial charge in [-0.15, -0.1) is 0 Å². The van der Waals surface area contributed by atoms with Crippen molar-refractivity contribution in [3.63, 3.8) is 0 Å². The summed E-state index contributed by atoms with van der Waals surface area (Å²) in [5.41, 5.74) is 1.82. The second-order valence-corrected chi connectivity index (χ2v) is 5.33. The van der Waals surface area contributed by atoms with Crippen molar-refractivity contribution in [3.8, 4) is 0 Å². The number of aryl methyl sites for hydroxylation is 1. The van der Waals surface area contributed by atoms with Gasteiger partial charge in [-0.1, -0.05) is 25.0 Å². The molecule has 0 amide bonds. The van der Waals surface area contributed by atoms with Gasteiger partial charge < -0.3 is 10.1 Å². The molecular formula is C15H22N2O3. The molecule has 0 radical (unpaired) electrons. The van der Waals surface area contributed by atoms with E-state index in [2.05, 4.69) is 5.32 Å². The van der Waals surface area contributed by atoms with E-state index in [4.69, 9.17) is 4.74 Å². The minimum atomic E-state index is -0.331. The molecule has 0 spiro atoms. The van der Waals surface area contributed by atoms with Crippen LogP contribution in [-0.2, 0) is 11.3 Å². The summed E-state index contributed by atoms with van der Waals surface area (Å²) in [6.07, 6.45) is 5.38. The van der Waals surface area contributed by atoms with Crippen LogP contribution in [0.5, 0.6) is 0 Å². The lowest BCUT2D eigenvalue weighted by molar-refractivity contribution is -0.385. The predicted octanol–water partition coefficient (Wildman–Crippen LogP) is 2.95. The van der Waals surface area contributed by atoms with Crippen molar-refractivity contribution in [1.82, 2.24) is 5.32 Å². The zero-order chi connectivity index (χ0) is 14.4. The molecule has 5 heteroatoms. The minimum absolute atomic E-state index is 0.187. The third-order valence-electron chi connectivity index (χ3n) is 3.73. The zero-order valence-corrected chi connectivity index (χ0v) is 11.9. The first-order chi connectivity index (χ1) is 9.66. The van der Waals surface area contributed by atoms with Gasteiger partial charge >= 0.3 is 0 Å². The molecule has 2 rings (SSSR count). The summed E-state index contributed by atoms with van der Waals surface area (Å²) in [6.45, 7) is 3.87. The van der Waals surface area contributed by atoms with E-state index in [1.165, 1.54) is 25.7 Å². The topological polar surface area (TPSA) is 64.4 Å². The molecule has 0 heterocycles. The van der Waals surface area contributed by atoms with Gasteiger partial charge in [0.1, 0.15) is 0 Å². The van der Waals surface area contributed by atoms with Crippen LogP contribution in [0.3, 0.4) is 0 Å². The zero-order valence-electron chi connectivity index (χ0n) is 11.9. The number of nitrogens with one attached hydrogen (secondary N) is 1. The molecule has 0 aliphatic heterocycles. The molecule has 0 saturated heterocycles. The number of benzene rings is 1. The fourth-order valence-electron chi connectivity index (χ4n) is 2.55. The van der Waals surface area contributed by atoms with E-state index < -0.39 is 0 Å². The van der Waals surface area contributed by atoms with Crippen LogP contribution in [0.25, 0.3) is 0 Å². The van der Waals surface area contributed by atoms with Crippen LogP contribution in [0, 0.1) is 17.0 Å². The van der Waals surface area contributed by atoms with Crippen LogP contribution in [0.2, 0.25) is 0 Å². The first kappa shape index (κ1) is 14.9. The molecule has 1 N–H and O–H groups in total. The lowest BCUT2D eigenvalue weighted by Crippen LogP contribution is -2.21. The highest BCUT2D eigenvalue weighted by Crippen LogP contribution is 2.21. The molecule has 0 aromatic heterocycles. The van der Waals surface area contributed by atoms with Crippen LogP contribution in [-0.4, -0.2) is 24.2 Å². The molecule has 1 aromatic rings. The third-order valence-corrected chi connectivity index (χ3v) is 3.73. The molecule has 1 saturated carbocycles. The van der Waals surface area contributed by atoms with Gasteiger partial charge in [-0.25, -0.2) is 0 Å². The molecule has 0 atom stereocenters. The Kier molecular flexibility index (Phi) is 5.49. The van der Waals surface area contributed by atoms with Crippen molar-refractivity contribution in [2.24, 2.45) is 0 Å². The smallest absolute Gasteiger partial charge is 0.272 e. The van der Waals surface area contributed by atoms with Crippen molar-refractivity contribution >= 4 is 5.69 Å². The Morgan fingerprint density at radius 1 is 1.40 bits per heavy atom. The van der Waals surface area contributed by atoms with E-state index in [-0.39, 0.29) is 10.6 Å². The molecular weight excluding hydrogens is 256 g/mol. The Morgan fingerprint density at radius 3 is 2.85 bits per heavy atom. The monoisotopic (exact) mass is 278 g/mol. The van der Waals surface area contributed by atoms with Gasteiger partial charge in [-0.05, 0) is 25.3 Å². The van der Waals surface area contributed by atoms with Crippen molar-refractivity contribution in [1.29, 1.82) is 0 Å². The summed E-state index contributed by atoms with van der Waals surface area (Å²) in [4.78, 5) is 10.5. The Bertz CT molecular complexity index is 456. The highest BCUT2D eigenvalue weighted by molar-refractivity contribution is 5.42. The quantitative estimate of drug-likeness (QED) is 0.473. The van der Waals surface area contributed by atoms with Crippen molar-refractivity contribution in [2.45, 2.75) is 45.3 Å². The van der Waals surface area contributed by atoms with Gasteiger partial charge in [0.2, 0.25) is 0 Å². The maximum atomic E-state index is 10.9. The van der Waals surface area contributed by atoms with Crippen LogP contribution in [0.1, 0.15) is 36.8 Å². The van der Waals surface area contributed by atoms with Crippen LogP contribution >= 0.6 is 0 Å². The summed E-state index contributed by atoms with van der Waals surface area (Å²) >= 11 is 0. The summed E-state index contributed by atoms with van der Waals surface area (Å²) in [5.74, 6) is 0. The van der Waals surface area contributed by atoms with Gasteiger partial charge in [0.05, 0.1) is 17.6 Å². The van der Waals surface area contributed by atoms with Crippen LogP contribution in [0.4, 0.5) is 5.69 Å². The molecule has 1 aromatic carbocycles. The molecule has 0 bridgehead atoms. The van der Waals surface area contributed by atoms with E-state index in [1.807, 2.05) is 6.07 Å². The van der Waals surface area contributed by atoms with Crippen molar-refractivity contribution in [2.75, 3.05) is 13.2 Å². The number of nitro benzene ring substituents is 1. The molecule has 1 fully saturated rings. The standard InChI is InChI=1S/C15H22N2O3/c1-12-6-7-13(10-15(12)17(18)19)11-16-8-9-20-14-4-2-3-5-14/h6-7,10,14,16H,2-5,8-9,11H2,1H3. The Morgan fingerprint density at radius 2 is 2.15 bits per heavy atom. The number of nitrogens with zero attached hydrogens (tertiary/aromatic N) is 1. The van der Waals surface area contributed by atoms with Gasteiger partial charge in [0.15, 0.2) is 0 Å². The van der Waals surface area contributed by atoms with Crippen LogP contribution < -0.4 is 5.32 Å². The average molecular weight is 278 g/mol.